The second kappa shape index (κ2) is 4.59. The first-order valence-electron chi connectivity index (χ1n) is 4.95. The summed E-state index contributed by atoms with van der Waals surface area (Å²) < 4.78 is 1.86. The summed E-state index contributed by atoms with van der Waals surface area (Å²) in [6.45, 7) is 0. The third-order valence-electron chi connectivity index (χ3n) is 2.40. The fraction of sp³-hybridized carbons (Fsp3) is 0.364. The number of nitrogens with zero attached hydrogens (tertiary/aromatic N) is 2. The van der Waals surface area contributed by atoms with Crippen LogP contribution in [0.25, 0.3) is 0 Å². The molecule has 80 valence electrons. The topological polar surface area (TPSA) is 38.0 Å². The molecule has 2 aromatic heterocycles. The Hall–Kier alpha value is -1.13. The van der Waals surface area contributed by atoms with Crippen molar-refractivity contribution in [3.05, 3.63) is 40.6 Å². The van der Waals surface area contributed by atoms with E-state index in [-0.39, 0.29) is 0 Å². The summed E-state index contributed by atoms with van der Waals surface area (Å²) in [5, 5.41) is 12.0. The van der Waals surface area contributed by atoms with Crippen LogP contribution in [0.2, 0.25) is 0 Å². The molecule has 2 heterocycles. The van der Waals surface area contributed by atoms with Crippen LogP contribution < -0.4 is 0 Å². The van der Waals surface area contributed by atoms with Gasteiger partial charge in [-0.1, -0.05) is 6.07 Å². The van der Waals surface area contributed by atoms with Gasteiger partial charge in [0.05, 0.1) is 0 Å². The Morgan fingerprint density at radius 3 is 3.07 bits per heavy atom. The maximum absolute atomic E-state index is 9.91. The van der Waals surface area contributed by atoms with Gasteiger partial charge in [0, 0.05) is 24.3 Å². The summed E-state index contributed by atoms with van der Waals surface area (Å²) in [6.07, 6.45) is 4.73. The SMILES string of the molecule is Cn1ccnc1C(O)CCc1cccs1. The van der Waals surface area contributed by atoms with Crippen LogP contribution in [0.5, 0.6) is 0 Å². The molecule has 1 unspecified atom stereocenters. The molecule has 4 heteroatoms. The predicted octanol–water partition coefficient (Wildman–Crippen LogP) is 2.15. The number of aromatic nitrogens is 2. The van der Waals surface area contributed by atoms with E-state index >= 15 is 0 Å². The molecule has 0 fully saturated rings. The van der Waals surface area contributed by atoms with Gasteiger partial charge in [0.15, 0.2) is 0 Å². The Labute approximate surface area is 93.0 Å². The Bertz CT molecular complexity index is 408. The van der Waals surface area contributed by atoms with Crippen molar-refractivity contribution in [2.45, 2.75) is 18.9 Å². The highest BCUT2D eigenvalue weighted by Gasteiger charge is 2.12. The van der Waals surface area contributed by atoms with Crippen LogP contribution in [0, 0.1) is 0 Å². The molecule has 0 amide bonds. The van der Waals surface area contributed by atoms with Gasteiger partial charge in [0.25, 0.3) is 0 Å². The molecule has 0 aliphatic carbocycles. The monoisotopic (exact) mass is 222 g/mol. The van der Waals surface area contributed by atoms with Crippen LogP contribution in [-0.4, -0.2) is 14.7 Å². The number of hydrogen-bond acceptors (Lipinski definition) is 3. The molecule has 2 rings (SSSR count). The summed E-state index contributed by atoms with van der Waals surface area (Å²) in [7, 11) is 1.90. The molecule has 0 aliphatic heterocycles. The van der Waals surface area contributed by atoms with Crippen molar-refractivity contribution in [2.24, 2.45) is 7.05 Å². The Morgan fingerprint density at radius 1 is 1.60 bits per heavy atom. The summed E-state index contributed by atoms with van der Waals surface area (Å²) >= 11 is 1.73. The zero-order valence-electron chi connectivity index (χ0n) is 8.63. The second-order valence-corrected chi connectivity index (χ2v) is 4.56. The fourth-order valence-corrected chi connectivity index (χ4v) is 2.29. The number of hydrogen-bond donors (Lipinski definition) is 1. The Morgan fingerprint density at radius 2 is 2.47 bits per heavy atom. The molecule has 3 nitrogen and oxygen atoms in total. The Balaban J connectivity index is 1.93. The van der Waals surface area contributed by atoms with Gasteiger partial charge in [-0.25, -0.2) is 4.98 Å². The van der Waals surface area contributed by atoms with Crippen LogP contribution >= 0.6 is 11.3 Å². The molecule has 0 radical (unpaired) electrons. The van der Waals surface area contributed by atoms with Gasteiger partial charge in [-0.15, -0.1) is 11.3 Å². The van der Waals surface area contributed by atoms with Crippen molar-refractivity contribution in [1.29, 1.82) is 0 Å². The lowest BCUT2D eigenvalue weighted by molar-refractivity contribution is 0.155. The van der Waals surface area contributed by atoms with Gasteiger partial charge < -0.3 is 9.67 Å². The van der Waals surface area contributed by atoms with E-state index in [0.717, 1.165) is 18.7 Å². The maximum Gasteiger partial charge on any atom is 0.137 e. The van der Waals surface area contributed by atoms with Crippen molar-refractivity contribution >= 4 is 11.3 Å². The largest absolute Gasteiger partial charge is 0.385 e. The van der Waals surface area contributed by atoms with E-state index in [1.807, 2.05) is 23.9 Å². The van der Waals surface area contributed by atoms with E-state index in [2.05, 4.69) is 16.4 Å². The summed E-state index contributed by atoms with van der Waals surface area (Å²) in [5.74, 6) is 0.742. The normalized spacial score (nSPS) is 12.9. The fourth-order valence-electron chi connectivity index (χ4n) is 1.56. The van der Waals surface area contributed by atoms with Crippen LogP contribution in [0.4, 0.5) is 0 Å². The predicted molar refractivity (Wildman–Crippen MR) is 60.8 cm³/mol. The molecule has 15 heavy (non-hydrogen) atoms. The number of aliphatic hydroxyl groups is 1. The van der Waals surface area contributed by atoms with E-state index in [1.54, 1.807) is 17.5 Å². The number of rotatable bonds is 4. The first kappa shape index (κ1) is 10.4. The highest BCUT2D eigenvalue weighted by Crippen LogP contribution is 2.19. The first-order chi connectivity index (χ1) is 7.27. The first-order valence-corrected chi connectivity index (χ1v) is 5.83. The minimum atomic E-state index is -0.466. The highest BCUT2D eigenvalue weighted by atomic mass is 32.1. The Kier molecular flexibility index (Phi) is 3.18. The minimum absolute atomic E-state index is 0.466. The van der Waals surface area contributed by atoms with Gasteiger partial charge in [-0.3, -0.25) is 0 Å². The van der Waals surface area contributed by atoms with Crippen molar-refractivity contribution in [3.8, 4) is 0 Å². The molecule has 0 bridgehead atoms. The molecule has 0 saturated carbocycles. The molecular weight excluding hydrogens is 208 g/mol. The van der Waals surface area contributed by atoms with Crippen molar-refractivity contribution in [1.82, 2.24) is 9.55 Å². The van der Waals surface area contributed by atoms with E-state index in [4.69, 9.17) is 0 Å². The highest BCUT2D eigenvalue weighted by molar-refractivity contribution is 7.09. The van der Waals surface area contributed by atoms with Crippen molar-refractivity contribution < 1.29 is 5.11 Å². The number of aryl methyl sites for hydroxylation is 2. The van der Waals surface area contributed by atoms with Gasteiger partial charge >= 0.3 is 0 Å². The molecule has 0 spiro atoms. The van der Waals surface area contributed by atoms with Crippen LogP contribution in [0.15, 0.2) is 29.9 Å². The molecule has 0 aliphatic rings. The van der Waals surface area contributed by atoms with E-state index in [1.165, 1.54) is 4.88 Å². The third-order valence-corrected chi connectivity index (χ3v) is 3.34. The molecule has 1 N–H and O–H groups in total. The third kappa shape index (κ3) is 2.46. The van der Waals surface area contributed by atoms with Crippen LogP contribution in [0.1, 0.15) is 23.2 Å². The number of thiophene rings is 1. The van der Waals surface area contributed by atoms with Gasteiger partial charge in [-0.2, -0.15) is 0 Å². The maximum atomic E-state index is 9.91. The van der Waals surface area contributed by atoms with Gasteiger partial charge in [0.1, 0.15) is 11.9 Å². The molecule has 0 saturated heterocycles. The van der Waals surface area contributed by atoms with Gasteiger partial charge in [-0.05, 0) is 24.3 Å². The zero-order chi connectivity index (χ0) is 10.7. The lowest BCUT2D eigenvalue weighted by Gasteiger charge is -2.09. The standard InChI is InChI=1S/C11H14N2OS/c1-13-7-6-12-11(13)10(14)5-4-9-3-2-8-15-9/h2-3,6-8,10,14H,4-5H2,1H3. The molecule has 2 aromatic rings. The smallest absolute Gasteiger partial charge is 0.137 e. The average Bonchev–Trinajstić information content (AvgIpc) is 2.84. The summed E-state index contributed by atoms with van der Waals surface area (Å²) in [5.41, 5.74) is 0. The average molecular weight is 222 g/mol. The lowest BCUT2D eigenvalue weighted by atomic mass is 10.1. The quantitative estimate of drug-likeness (QED) is 0.860. The lowest BCUT2D eigenvalue weighted by Crippen LogP contribution is -2.06. The van der Waals surface area contributed by atoms with E-state index < -0.39 is 6.10 Å². The molecule has 0 aromatic carbocycles. The molecule has 1 atom stereocenters. The number of imidazole rings is 1. The number of aliphatic hydroxyl groups excluding tert-OH is 1. The van der Waals surface area contributed by atoms with Crippen LogP contribution in [0.3, 0.4) is 0 Å². The van der Waals surface area contributed by atoms with Gasteiger partial charge in [0.2, 0.25) is 0 Å². The zero-order valence-corrected chi connectivity index (χ0v) is 9.44. The van der Waals surface area contributed by atoms with Crippen LogP contribution in [-0.2, 0) is 13.5 Å². The summed E-state index contributed by atoms with van der Waals surface area (Å²) in [4.78, 5) is 5.44. The minimum Gasteiger partial charge on any atom is -0.385 e. The van der Waals surface area contributed by atoms with E-state index in [0.29, 0.717) is 0 Å². The van der Waals surface area contributed by atoms with Crippen molar-refractivity contribution in [2.75, 3.05) is 0 Å². The van der Waals surface area contributed by atoms with Crippen molar-refractivity contribution in [3.63, 3.8) is 0 Å². The van der Waals surface area contributed by atoms with E-state index in [9.17, 15) is 5.11 Å². The second-order valence-electron chi connectivity index (χ2n) is 3.53. The summed E-state index contributed by atoms with van der Waals surface area (Å²) in [6, 6.07) is 4.13. The molecular formula is C11H14N2OS.